The third-order valence-corrected chi connectivity index (χ3v) is 6.80. The van der Waals surface area contributed by atoms with Crippen molar-refractivity contribution in [2.45, 2.75) is 52.0 Å². The molecule has 1 unspecified atom stereocenters. The molecule has 166 valence electrons. The van der Waals surface area contributed by atoms with E-state index in [4.69, 9.17) is 0 Å². The first-order valence-electron chi connectivity index (χ1n) is 11.4. The molecular formula is C24H31N3O4. The van der Waals surface area contributed by atoms with Crippen molar-refractivity contribution < 1.29 is 19.2 Å². The summed E-state index contributed by atoms with van der Waals surface area (Å²) in [5, 5.41) is 0. The van der Waals surface area contributed by atoms with Crippen molar-refractivity contribution in [3.05, 3.63) is 35.4 Å². The maximum atomic E-state index is 12.9. The zero-order valence-corrected chi connectivity index (χ0v) is 18.2. The van der Waals surface area contributed by atoms with E-state index >= 15 is 0 Å². The van der Waals surface area contributed by atoms with Gasteiger partial charge in [0.1, 0.15) is 0 Å². The lowest BCUT2D eigenvalue weighted by atomic mass is 9.92. The third-order valence-electron chi connectivity index (χ3n) is 6.80. The highest BCUT2D eigenvalue weighted by Crippen LogP contribution is 2.25. The van der Waals surface area contributed by atoms with E-state index in [9.17, 15) is 19.2 Å². The van der Waals surface area contributed by atoms with Crippen LogP contribution in [0.5, 0.6) is 0 Å². The Morgan fingerprint density at radius 2 is 1.55 bits per heavy atom. The molecule has 31 heavy (non-hydrogen) atoms. The number of imide groups is 1. The number of nitrogens with zero attached hydrogens (tertiary/aromatic N) is 3. The molecule has 3 aliphatic rings. The summed E-state index contributed by atoms with van der Waals surface area (Å²) in [6, 6.07) is 7.13. The Bertz CT molecular complexity index is 842. The summed E-state index contributed by atoms with van der Waals surface area (Å²) in [6.45, 7) is 5.37. The summed E-state index contributed by atoms with van der Waals surface area (Å²) in [7, 11) is 0. The van der Waals surface area contributed by atoms with Crippen LogP contribution in [0, 0.1) is 11.8 Å². The number of amides is 4. The molecule has 0 saturated carbocycles. The van der Waals surface area contributed by atoms with Crippen LogP contribution in [0.2, 0.25) is 0 Å². The third kappa shape index (κ3) is 4.81. The molecule has 7 heteroatoms. The van der Waals surface area contributed by atoms with Crippen molar-refractivity contribution >= 4 is 23.6 Å². The summed E-state index contributed by atoms with van der Waals surface area (Å²) in [5.41, 5.74) is 1.43. The van der Waals surface area contributed by atoms with E-state index in [1.165, 1.54) is 11.3 Å². The number of benzene rings is 1. The van der Waals surface area contributed by atoms with Crippen LogP contribution in [0.15, 0.2) is 24.3 Å². The molecule has 3 aliphatic heterocycles. The highest BCUT2D eigenvalue weighted by atomic mass is 16.2. The SMILES string of the molecule is CC1CCCN(C(=O)C2CCN(C(=O)c3ccc(CN4C(=O)CCC4=O)cc3)CC2)C1. The predicted octanol–water partition coefficient (Wildman–Crippen LogP) is 2.45. The molecule has 1 atom stereocenters. The normalized spacial score (nSPS) is 22.9. The van der Waals surface area contributed by atoms with Gasteiger partial charge in [0.05, 0.1) is 6.54 Å². The van der Waals surface area contributed by atoms with Crippen LogP contribution >= 0.6 is 0 Å². The Morgan fingerprint density at radius 3 is 2.16 bits per heavy atom. The second-order valence-corrected chi connectivity index (χ2v) is 9.17. The van der Waals surface area contributed by atoms with Crippen molar-refractivity contribution in [3.63, 3.8) is 0 Å². The van der Waals surface area contributed by atoms with E-state index < -0.39 is 0 Å². The first-order chi connectivity index (χ1) is 14.9. The molecular weight excluding hydrogens is 394 g/mol. The van der Waals surface area contributed by atoms with Gasteiger partial charge in [0, 0.05) is 50.5 Å². The maximum Gasteiger partial charge on any atom is 0.253 e. The van der Waals surface area contributed by atoms with E-state index in [-0.39, 0.29) is 48.9 Å². The van der Waals surface area contributed by atoms with Crippen LogP contribution in [0.25, 0.3) is 0 Å². The average Bonchev–Trinajstić information content (AvgIpc) is 3.11. The summed E-state index contributed by atoms with van der Waals surface area (Å²) >= 11 is 0. The van der Waals surface area contributed by atoms with Crippen molar-refractivity contribution in [2.75, 3.05) is 26.2 Å². The lowest BCUT2D eigenvalue weighted by molar-refractivity contribution is -0.139. The Morgan fingerprint density at radius 1 is 0.903 bits per heavy atom. The van der Waals surface area contributed by atoms with E-state index in [0.29, 0.717) is 37.4 Å². The second kappa shape index (κ2) is 9.20. The Labute approximate surface area is 183 Å². The standard InChI is InChI=1S/C24H31N3O4/c1-17-3-2-12-26(15-17)24(31)20-10-13-25(14-11-20)23(30)19-6-4-18(5-7-19)16-27-21(28)8-9-22(27)29/h4-7,17,20H,2-3,8-16H2,1H3. The summed E-state index contributed by atoms with van der Waals surface area (Å²) in [6.07, 6.45) is 4.27. The van der Waals surface area contributed by atoms with Gasteiger partial charge in [0.15, 0.2) is 0 Å². The van der Waals surface area contributed by atoms with Gasteiger partial charge in [0.25, 0.3) is 5.91 Å². The molecule has 7 nitrogen and oxygen atoms in total. The van der Waals surface area contributed by atoms with Gasteiger partial charge in [-0.1, -0.05) is 19.1 Å². The van der Waals surface area contributed by atoms with Crippen LogP contribution in [0.1, 0.15) is 61.4 Å². The number of rotatable bonds is 4. The quantitative estimate of drug-likeness (QED) is 0.695. The van der Waals surface area contributed by atoms with Gasteiger partial charge in [-0.15, -0.1) is 0 Å². The zero-order valence-electron chi connectivity index (χ0n) is 18.2. The van der Waals surface area contributed by atoms with Crippen molar-refractivity contribution in [1.82, 2.24) is 14.7 Å². The van der Waals surface area contributed by atoms with E-state index in [1.807, 2.05) is 9.80 Å². The molecule has 0 radical (unpaired) electrons. The minimum atomic E-state index is -0.137. The van der Waals surface area contributed by atoms with E-state index in [2.05, 4.69) is 6.92 Å². The number of hydrogen-bond donors (Lipinski definition) is 0. The summed E-state index contributed by atoms with van der Waals surface area (Å²) in [4.78, 5) is 54.4. The van der Waals surface area contributed by atoms with Crippen molar-refractivity contribution in [2.24, 2.45) is 11.8 Å². The zero-order chi connectivity index (χ0) is 22.0. The first-order valence-corrected chi connectivity index (χ1v) is 11.4. The highest BCUT2D eigenvalue weighted by Gasteiger charge is 2.32. The average molecular weight is 426 g/mol. The molecule has 3 fully saturated rings. The van der Waals surface area contributed by atoms with E-state index in [1.54, 1.807) is 24.3 Å². The van der Waals surface area contributed by atoms with Crippen molar-refractivity contribution in [3.8, 4) is 0 Å². The van der Waals surface area contributed by atoms with Crippen molar-refractivity contribution in [1.29, 1.82) is 0 Å². The monoisotopic (exact) mass is 425 g/mol. The van der Waals surface area contributed by atoms with Gasteiger partial charge in [-0.05, 0) is 49.3 Å². The van der Waals surface area contributed by atoms with Gasteiger partial charge < -0.3 is 9.80 Å². The number of piperidine rings is 2. The molecule has 0 N–H and O–H groups in total. The number of carbonyl (C=O) groups excluding carboxylic acids is 4. The summed E-state index contributed by atoms with van der Waals surface area (Å²) < 4.78 is 0. The second-order valence-electron chi connectivity index (χ2n) is 9.17. The van der Waals surface area contributed by atoms with Crippen LogP contribution in [0.3, 0.4) is 0 Å². The van der Waals surface area contributed by atoms with Crippen LogP contribution in [-0.2, 0) is 20.9 Å². The molecule has 3 saturated heterocycles. The largest absolute Gasteiger partial charge is 0.342 e. The molecule has 1 aromatic carbocycles. The van der Waals surface area contributed by atoms with Gasteiger partial charge >= 0.3 is 0 Å². The molecule has 1 aromatic rings. The van der Waals surface area contributed by atoms with Gasteiger partial charge in [-0.25, -0.2) is 0 Å². The number of hydrogen-bond acceptors (Lipinski definition) is 4. The molecule has 0 aliphatic carbocycles. The maximum absolute atomic E-state index is 12.9. The molecule has 4 rings (SSSR count). The van der Waals surface area contributed by atoms with Crippen LogP contribution in [0.4, 0.5) is 0 Å². The van der Waals surface area contributed by atoms with E-state index in [0.717, 1.165) is 25.1 Å². The van der Waals surface area contributed by atoms with Gasteiger partial charge in [0.2, 0.25) is 17.7 Å². The lowest BCUT2D eigenvalue weighted by Crippen LogP contribution is -2.47. The van der Waals surface area contributed by atoms with Crippen LogP contribution in [-0.4, -0.2) is 64.5 Å². The van der Waals surface area contributed by atoms with Gasteiger partial charge in [-0.2, -0.15) is 0 Å². The Kier molecular flexibility index (Phi) is 6.39. The Hall–Kier alpha value is -2.70. The van der Waals surface area contributed by atoms with Gasteiger partial charge in [-0.3, -0.25) is 24.1 Å². The topological polar surface area (TPSA) is 78.0 Å². The Balaban J connectivity index is 1.30. The molecule has 4 amide bonds. The lowest BCUT2D eigenvalue weighted by Gasteiger charge is -2.37. The smallest absolute Gasteiger partial charge is 0.253 e. The molecule has 0 aromatic heterocycles. The molecule has 0 spiro atoms. The fourth-order valence-electron chi connectivity index (χ4n) is 4.89. The first kappa shape index (κ1) is 21.5. The minimum absolute atomic E-state index is 0.0206. The predicted molar refractivity (Wildman–Crippen MR) is 115 cm³/mol. The minimum Gasteiger partial charge on any atom is -0.342 e. The highest BCUT2D eigenvalue weighted by molar-refractivity contribution is 6.01. The fourth-order valence-corrected chi connectivity index (χ4v) is 4.89. The number of carbonyl (C=O) groups is 4. The molecule has 0 bridgehead atoms. The van der Waals surface area contributed by atoms with Crippen LogP contribution < -0.4 is 0 Å². The number of likely N-dealkylation sites (tertiary alicyclic amines) is 3. The fraction of sp³-hybridized carbons (Fsp3) is 0.583. The molecule has 3 heterocycles. The summed E-state index contributed by atoms with van der Waals surface area (Å²) in [5.74, 6) is 0.547.